The highest BCUT2D eigenvalue weighted by atomic mass is 19.4. The summed E-state index contributed by atoms with van der Waals surface area (Å²) >= 11 is 0. The average molecular weight is 616 g/mol. The van der Waals surface area contributed by atoms with E-state index in [-0.39, 0.29) is 6.04 Å². The molecule has 4 aromatic carbocycles. The number of allylic oxidation sites excluding steroid dienone is 3. The third-order valence-electron chi connectivity index (χ3n) is 7.59. The molecule has 4 aromatic rings. The zero-order chi connectivity index (χ0) is 32.4. The molecule has 5 rings (SSSR count). The van der Waals surface area contributed by atoms with E-state index in [1.54, 1.807) is 14.0 Å². The molecular weight excluding hydrogens is 575 g/mol. The van der Waals surface area contributed by atoms with Crippen LogP contribution in [0, 0.1) is 5.92 Å². The summed E-state index contributed by atoms with van der Waals surface area (Å²) in [5.41, 5.74) is 4.63. The number of alkyl halides is 3. The molecule has 0 spiro atoms. The summed E-state index contributed by atoms with van der Waals surface area (Å²) in [7, 11) is 1.69. The van der Waals surface area contributed by atoms with Gasteiger partial charge < -0.3 is 20.7 Å². The summed E-state index contributed by atoms with van der Waals surface area (Å²) in [4.78, 5) is 10.8. The van der Waals surface area contributed by atoms with Crippen molar-refractivity contribution in [3.8, 4) is 5.75 Å². The highest BCUT2D eigenvalue weighted by Gasteiger charge is 2.30. The molecule has 1 aliphatic rings. The molecule has 1 amide bonds. The standard InChI is InChI=1S/C23H24N2O2.C14H16F3N/c1-27-22-10-9-17-11-20(8-7-18(17)13-22)23(24-14-16-5-6-16)19-3-2-4-21(12-19)25-15-26;1-4-12-6-5-7-13(9-12)18-11(3)8-10(2)14(15,16)17/h2-4,7-13,15-16,23-24H,5-6,14H2,1H3,(H,25,26);5-9,18H,2,4H2,1,3H3/b;11-8-. The van der Waals surface area contributed by atoms with E-state index in [2.05, 4.69) is 58.9 Å². The van der Waals surface area contributed by atoms with Gasteiger partial charge in [-0.2, -0.15) is 13.2 Å². The number of benzene rings is 4. The lowest BCUT2D eigenvalue weighted by Gasteiger charge is -2.21. The smallest absolute Gasteiger partial charge is 0.415 e. The van der Waals surface area contributed by atoms with Gasteiger partial charge in [0.05, 0.1) is 18.7 Å². The molecule has 1 saturated carbocycles. The molecule has 1 unspecified atom stereocenters. The fourth-order valence-corrected chi connectivity index (χ4v) is 4.94. The monoisotopic (exact) mass is 615 g/mol. The summed E-state index contributed by atoms with van der Waals surface area (Å²) in [5, 5.41) is 11.8. The number of nitrogens with one attached hydrogen (secondary N) is 3. The van der Waals surface area contributed by atoms with E-state index in [0.717, 1.165) is 65.0 Å². The number of aryl methyl sites for hydroxylation is 1. The van der Waals surface area contributed by atoms with Crippen molar-refractivity contribution in [1.29, 1.82) is 0 Å². The van der Waals surface area contributed by atoms with E-state index < -0.39 is 11.7 Å². The lowest BCUT2D eigenvalue weighted by molar-refractivity contribution is -0.105. The Hall–Kier alpha value is -4.56. The Bertz CT molecular complexity index is 1640. The van der Waals surface area contributed by atoms with Crippen molar-refractivity contribution in [2.24, 2.45) is 5.92 Å². The van der Waals surface area contributed by atoms with Crippen LogP contribution in [0.5, 0.6) is 5.75 Å². The maximum absolute atomic E-state index is 12.3. The third kappa shape index (κ3) is 9.98. The van der Waals surface area contributed by atoms with Gasteiger partial charge in [0.2, 0.25) is 6.41 Å². The molecule has 0 bridgehead atoms. The van der Waals surface area contributed by atoms with Crippen molar-refractivity contribution < 1.29 is 22.7 Å². The second-order valence-corrected chi connectivity index (χ2v) is 11.2. The molecule has 1 aliphatic carbocycles. The maximum atomic E-state index is 12.3. The van der Waals surface area contributed by atoms with E-state index in [1.807, 2.05) is 55.5 Å². The first-order valence-electron chi connectivity index (χ1n) is 15.0. The Kier molecular flexibility index (Phi) is 11.4. The number of amides is 1. The molecule has 3 N–H and O–H groups in total. The predicted octanol–water partition coefficient (Wildman–Crippen LogP) is 9.19. The highest BCUT2D eigenvalue weighted by Crippen LogP contribution is 2.32. The second-order valence-electron chi connectivity index (χ2n) is 11.2. The number of hydrogen-bond acceptors (Lipinski definition) is 4. The number of anilines is 2. The van der Waals surface area contributed by atoms with Crippen molar-refractivity contribution >= 4 is 28.6 Å². The molecule has 0 aliphatic heterocycles. The van der Waals surface area contributed by atoms with Crippen LogP contribution in [-0.2, 0) is 11.2 Å². The Balaban J connectivity index is 0.000000224. The van der Waals surface area contributed by atoms with E-state index in [0.29, 0.717) is 5.70 Å². The SMILES string of the molecule is C=C(/C=C(/C)Nc1cccc(CC)c1)C(F)(F)F.COc1ccc2cc(C(NCC3CC3)c3cccc(NC=O)c3)ccc2c1. The topological polar surface area (TPSA) is 62.4 Å². The maximum Gasteiger partial charge on any atom is 0.415 e. The van der Waals surface area contributed by atoms with Gasteiger partial charge in [-0.15, -0.1) is 0 Å². The lowest BCUT2D eigenvalue weighted by Crippen LogP contribution is -2.24. The van der Waals surface area contributed by atoms with E-state index >= 15 is 0 Å². The van der Waals surface area contributed by atoms with Gasteiger partial charge in [-0.25, -0.2) is 0 Å². The Labute approximate surface area is 263 Å². The van der Waals surface area contributed by atoms with Crippen LogP contribution < -0.4 is 20.7 Å². The molecule has 0 heterocycles. The molecule has 236 valence electrons. The number of halogens is 3. The summed E-state index contributed by atoms with van der Waals surface area (Å²) in [6, 6.07) is 28.4. The molecule has 45 heavy (non-hydrogen) atoms. The van der Waals surface area contributed by atoms with Crippen molar-refractivity contribution in [1.82, 2.24) is 5.32 Å². The van der Waals surface area contributed by atoms with Crippen molar-refractivity contribution in [3.05, 3.63) is 126 Å². The first-order chi connectivity index (χ1) is 21.6. The Morgan fingerprint density at radius 1 is 0.956 bits per heavy atom. The van der Waals surface area contributed by atoms with Gasteiger partial charge in [0.15, 0.2) is 0 Å². The lowest BCUT2D eigenvalue weighted by atomic mass is 9.95. The van der Waals surface area contributed by atoms with Crippen LogP contribution in [0.25, 0.3) is 10.8 Å². The Morgan fingerprint density at radius 3 is 2.33 bits per heavy atom. The summed E-state index contributed by atoms with van der Waals surface area (Å²) in [5.74, 6) is 1.65. The van der Waals surface area contributed by atoms with Crippen LogP contribution in [0.3, 0.4) is 0 Å². The number of carbonyl (C=O) groups excluding carboxylic acids is 1. The molecule has 0 saturated heterocycles. The van der Waals surface area contributed by atoms with E-state index in [1.165, 1.54) is 23.8 Å². The molecule has 1 fully saturated rings. The van der Waals surface area contributed by atoms with Crippen molar-refractivity contribution in [3.63, 3.8) is 0 Å². The highest BCUT2D eigenvalue weighted by molar-refractivity contribution is 5.84. The van der Waals surface area contributed by atoms with Gasteiger partial charge in [-0.1, -0.05) is 56.0 Å². The number of methoxy groups -OCH3 is 1. The molecule has 5 nitrogen and oxygen atoms in total. The van der Waals surface area contributed by atoms with Gasteiger partial charge in [-0.05, 0) is 115 Å². The minimum atomic E-state index is -4.38. The van der Waals surface area contributed by atoms with Gasteiger partial charge >= 0.3 is 6.18 Å². The quantitative estimate of drug-likeness (QED) is 0.110. The first kappa shape index (κ1) is 33.3. The van der Waals surface area contributed by atoms with Crippen LogP contribution in [0.2, 0.25) is 0 Å². The van der Waals surface area contributed by atoms with Crippen LogP contribution in [-0.4, -0.2) is 26.2 Å². The molecular formula is C37H40F3N3O2. The number of hydrogen-bond donors (Lipinski definition) is 3. The summed E-state index contributed by atoms with van der Waals surface area (Å²) in [6.45, 7) is 7.61. The van der Waals surface area contributed by atoms with Crippen LogP contribution in [0.4, 0.5) is 24.5 Å². The van der Waals surface area contributed by atoms with Crippen LogP contribution in [0.1, 0.15) is 49.4 Å². The Morgan fingerprint density at radius 2 is 1.64 bits per heavy atom. The minimum absolute atomic E-state index is 0.0884. The van der Waals surface area contributed by atoms with E-state index in [4.69, 9.17) is 4.74 Å². The van der Waals surface area contributed by atoms with Gasteiger partial charge in [0, 0.05) is 17.1 Å². The average Bonchev–Trinajstić information content (AvgIpc) is 3.86. The van der Waals surface area contributed by atoms with Crippen molar-refractivity contribution in [2.75, 3.05) is 24.3 Å². The molecule has 8 heteroatoms. The second kappa shape index (κ2) is 15.4. The number of ether oxygens (including phenoxy) is 1. The largest absolute Gasteiger partial charge is 0.497 e. The number of fused-ring (bicyclic) bond motifs is 1. The predicted molar refractivity (Wildman–Crippen MR) is 178 cm³/mol. The van der Waals surface area contributed by atoms with Crippen LogP contribution in [0.15, 0.2) is 109 Å². The third-order valence-corrected chi connectivity index (χ3v) is 7.59. The van der Waals surface area contributed by atoms with Crippen molar-refractivity contribution in [2.45, 2.75) is 45.3 Å². The first-order valence-corrected chi connectivity index (χ1v) is 15.0. The minimum Gasteiger partial charge on any atom is -0.497 e. The number of rotatable bonds is 12. The number of carbonyl (C=O) groups is 1. The zero-order valence-corrected chi connectivity index (χ0v) is 25.9. The van der Waals surface area contributed by atoms with Crippen LogP contribution >= 0.6 is 0 Å². The molecule has 0 aromatic heterocycles. The van der Waals surface area contributed by atoms with Gasteiger partial charge in [-0.3, -0.25) is 4.79 Å². The normalized spacial score (nSPS) is 13.8. The molecule has 1 atom stereocenters. The fraction of sp³-hybridized carbons (Fsp3) is 0.270. The van der Waals surface area contributed by atoms with Gasteiger partial charge in [0.25, 0.3) is 0 Å². The van der Waals surface area contributed by atoms with Gasteiger partial charge in [0.1, 0.15) is 5.75 Å². The summed E-state index contributed by atoms with van der Waals surface area (Å²) < 4.78 is 42.2. The molecule has 0 radical (unpaired) electrons. The fourth-order valence-electron chi connectivity index (χ4n) is 4.94. The van der Waals surface area contributed by atoms with E-state index in [9.17, 15) is 18.0 Å². The zero-order valence-electron chi connectivity index (χ0n) is 25.9. The summed E-state index contributed by atoms with van der Waals surface area (Å²) in [6.07, 6.45) is 0.837.